The minimum atomic E-state index is -2.92. The van der Waals surface area contributed by atoms with Gasteiger partial charge in [-0.05, 0) is 0 Å². The third-order valence-electron chi connectivity index (χ3n) is 0. The van der Waals surface area contributed by atoms with Gasteiger partial charge in [0.1, 0.15) is 0 Å². The van der Waals surface area contributed by atoms with Gasteiger partial charge in [-0.2, -0.15) is 0 Å². The van der Waals surface area contributed by atoms with Crippen LogP contribution >= 0.6 is 0 Å². The van der Waals surface area contributed by atoms with E-state index < -0.39 is 14.6 Å². The third-order valence-corrected chi connectivity index (χ3v) is 0. The molecule has 0 aromatic rings. The van der Waals surface area contributed by atoms with E-state index in [1.165, 1.54) is 0 Å². The van der Waals surface area contributed by atoms with Gasteiger partial charge in [0.2, 0.25) is 0 Å². The Morgan fingerprint density at radius 2 is 0.455 bits per heavy atom. The van der Waals surface area contributed by atoms with Gasteiger partial charge < -0.3 is 30.1 Å². The van der Waals surface area contributed by atoms with Crippen LogP contribution in [0.4, 0.5) is 0 Å². The minimum Gasteiger partial charge on any atom is -0.907 e. The molecule has 11 heavy (non-hydrogen) atoms. The largest absolute Gasteiger partial charge is 2.00 e. The molecule has 0 aromatic heterocycles. The Balaban J connectivity index is -0.0000000171. The van der Waals surface area contributed by atoms with Gasteiger partial charge in [-0.1, -0.05) is 0 Å². The van der Waals surface area contributed by atoms with Crippen LogP contribution in [0.1, 0.15) is 0 Å². The van der Waals surface area contributed by atoms with Crippen LogP contribution in [0.3, 0.4) is 0 Å². The van der Waals surface area contributed by atoms with Gasteiger partial charge >= 0.3 is 30.4 Å². The van der Waals surface area contributed by atoms with E-state index in [9.17, 15) is 0 Å². The molecule has 0 heterocycles. The van der Waals surface area contributed by atoms with E-state index in [-0.39, 0.29) is 30.4 Å². The molecule has 0 aliphatic rings. The monoisotopic (exact) mass is 145 g/mol. The maximum atomic E-state index is 8.42. The summed E-state index contributed by atoms with van der Waals surface area (Å²) in [6, 6.07) is 0. The summed E-state index contributed by atoms with van der Waals surface area (Å²) in [7, 11) is -5.83. The molecule has 0 aliphatic carbocycles. The van der Waals surface area contributed by atoms with E-state index >= 15 is 0 Å². The Hall–Kier alpha value is 0.396. The minimum absolute atomic E-state index is 0. The predicted octanol–water partition coefficient (Wildman–Crippen LogP) is -9.04. The Bertz CT molecular complexity index is 31.3. The number of hydrogen-bond acceptors (Lipinski definition) is 6. The summed E-state index contributed by atoms with van der Waals surface area (Å²) >= 11 is 0. The van der Waals surface area contributed by atoms with Crippen molar-refractivity contribution in [1.29, 1.82) is 0 Å². The second kappa shape index (κ2) is 22.4. The maximum Gasteiger partial charge on any atom is 2.00 e. The summed E-state index contributed by atoms with van der Waals surface area (Å²) in [5, 5.41) is 50.5. The smallest absolute Gasteiger partial charge is 0.907 e. The average Bonchev–Trinajstić information content (AvgIpc) is 1.25. The van der Waals surface area contributed by atoms with Crippen LogP contribution < -0.4 is 30.1 Å². The van der Waals surface area contributed by atoms with Crippen LogP contribution in [0.5, 0.6) is 0 Å². The first-order valence-corrected chi connectivity index (χ1v) is 1.41. The van der Waals surface area contributed by atoms with E-state index in [0.717, 1.165) is 0 Å². The zero-order chi connectivity index (χ0) is 7.15. The molecule has 0 bridgehead atoms. The molecule has 6 nitrogen and oxygen atoms in total. The summed E-state index contributed by atoms with van der Waals surface area (Å²) < 4.78 is 0. The van der Waals surface area contributed by atoms with Gasteiger partial charge in [-0.15, -0.1) is 0 Å². The Kier molecular flexibility index (Phi) is 61.4. The van der Waals surface area contributed by atoms with Crippen LogP contribution in [0.15, 0.2) is 0 Å². The molecule has 0 radical (unpaired) electrons. The number of rotatable bonds is 0. The standard InChI is InChI=1S/2BO3.3Be/c2*2-1(3)4;;;/q2*-3;3*+2. The SMILES string of the molecule is [Be+2].[Be+2].[Be+2].[O-]B([O-])[O-].[O-]B([O-])[O-]. The van der Waals surface area contributed by atoms with Crippen LogP contribution in [0, 0.1) is 0 Å². The summed E-state index contributed by atoms with van der Waals surface area (Å²) in [6.07, 6.45) is 0. The van der Waals surface area contributed by atoms with Crippen molar-refractivity contribution in [2.24, 2.45) is 0 Å². The van der Waals surface area contributed by atoms with Gasteiger partial charge in [0.15, 0.2) is 0 Å². The van der Waals surface area contributed by atoms with Gasteiger partial charge in [-0.3, -0.25) is 14.6 Å². The number of hydrogen-bond donors (Lipinski definition) is 0. The van der Waals surface area contributed by atoms with Crippen LogP contribution in [0.25, 0.3) is 0 Å². The quantitative estimate of drug-likeness (QED) is 0.310. The van der Waals surface area contributed by atoms with Gasteiger partial charge in [0.05, 0.1) is 0 Å². The summed E-state index contributed by atoms with van der Waals surface area (Å²) in [5.74, 6) is 0. The zero-order valence-electron chi connectivity index (χ0n) is 5.73. The molecule has 0 aliphatic heterocycles. The fourth-order valence-electron chi connectivity index (χ4n) is 0. The second-order valence-corrected chi connectivity index (χ2v) is 0.577. The van der Waals surface area contributed by atoms with Crippen LogP contribution in [-0.2, 0) is 0 Å². The maximum absolute atomic E-state index is 8.42. The molecule has 0 fully saturated rings. The first kappa shape index (κ1) is 30.1. The Morgan fingerprint density at radius 3 is 0.455 bits per heavy atom. The van der Waals surface area contributed by atoms with Crippen molar-refractivity contribution in [3.63, 3.8) is 0 Å². The summed E-state index contributed by atoms with van der Waals surface area (Å²) in [5.41, 5.74) is 0. The molecule has 0 spiro atoms. The second-order valence-electron chi connectivity index (χ2n) is 0.577. The van der Waals surface area contributed by atoms with Gasteiger partial charge in [-0.25, -0.2) is 0 Å². The van der Waals surface area contributed by atoms with Crippen LogP contribution in [-0.4, -0.2) is 45.0 Å². The average molecular weight is 145 g/mol. The first-order chi connectivity index (χ1) is 3.46. The first-order valence-electron chi connectivity index (χ1n) is 1.41. The normalized spacial score (nSPS) is 4.91. The molecule has 48 valence electrons. The molecule has 0 aromatic carbocycles. The third kappa shape index (κ3) is 4670. The molecule has 11 heteroatoms. The molecule has 0 amide bonds. The van der Waals surface area contributed by atoms with E-state index in [4.69, 9.17) is 30.1 Å². The van der Waals surface area contributed by atoms with E-state index in [0.29, 0.717) is 0 Å². The van der Waals surface area contributed by atoms with Crippen molar-refractivity contribution in [3.05, 3.63) is 0 Å². The van der Waals surface area contributed by atoms with Crippen LogP contribution in [0.2, 0.25) is 0 Å². The molecular weight excluding hydrogens is 145 g/mol. The van der Waals surface area contributed by atoms with Crippen molar-refractivity contribution in [2.75, 3.05) is 0 Å². The fraction of sp³-hybridized carbons (Fsp3) is 0. The van der Waals surface area contributed by atoms with Gasteiger partial charge in [0, 0.05) is 0 Å². The molecule has 0 N–H and O–H groups in total. The summed E-state index contributed by atoms with van der Waals surface area (Å²) in [4.78, 5) is 0. The molecule has 0 saturated carbocycles. The van der Waals surface area contributed by atoms with E-state index in [2.05, 4.69) is 0 Å². The van der Waals surface area contributed by atoms with Crippen molar-refractivity contribution in [2.45, 2.75) is 0 Å². The fourth-order valence-corrected chi connectivity index (χ4v) is 0. The van der Waals surface area contributed by atoms with Gasteiger partial charge in [0.25, 0.3) is 0 Å². The summed E-state index contributed by atoms with van der Waals surface area (Å²) in [6.45, 7) is 0. The molecule has 0 unspecified atom stereocenters. The Labute approximate surface area is 75.9 Å². The van der Waals surface area contributed by atoms with Crippen molar-refractivity contribution < 1.29 is 30.1 Å². The molecule has 0 rings (SSSR count). The van der Waals surface area contributed by atoms with Crippen molar-refractivity contribution >= 4 is 45.0 Å². The molecule has 0 saturated heterocycles. The van der Waals surface area contributed by atoms with E-state index in [1.807, 2.05) is 0 Å². The van der Waals surface area contributed by atoms with Crippen molar-refractivity contribution in [3.8, 4) is 0 Å². The zero-order valence-corrected chi connectivity index (χ0v) is 5.73. The van der Waals surface area contributed by atoms with E-state index in [1.54, 1.807) is 0 Å². The molecular formula is B2Be3O6. The topological polar surface area (TPSA) is 138 Å². The molecule has 0 atom stereocenters. The van der Waals surface area contributed by atoms with Crippen molar-refractivity contribution in [1.82, 2.24) is 0 Å². The Morgan fingerprint density at radius 1 is 0.455 bits per heavy atom. The predicted molar refractivity (Wildman–Crippen MR) is 28.8 cm³/mol.